The highest BCUT2D eigenvalue weighted by molar-refractivity contribution is 7.92. The van der Waals surface area contributed by atoms with Gasteiger partial charge in [0.05, 0.1) is 21.7 Å². The Hall–Kier alpha value is -2.68. The first-order valence-electron chi connectivity index (χ1n) is 5.83. The van der Waals surface area contributed by atoms with Gasteiger partial charge in [-0.05, 0) is 24.3 Å². The Balaban J connectivity index is 2.22. The van der Waals surface area contributed by atoms with Crippen molar-refractivity contribution in [1.82, 2.24) is 4.98 Å². The van der Waals surface area contributed by atoms with Gasteiger partial charge in [-0.3, -0.25) is 14.8 Å². The molecule has 2 rings (SSSR count). The van der Waals surface area contributed by atoms with E-state index in [2.05, 4.69) is 15.0 Å². The lowest BCUT2D eigenvalue weighted by atomic mass is 10.3. The Morgan fingerprint density at radius 1 is 1.14 bits per heavy atom. The number of rotatable bonds is 5. The number of anilines is 2. The van der Waals surface area contributed by atoms with E-state index >= 15 is 0 Å². The molecule has 8 nitrogen and oxygen atoms in total. The number of sulfonamides is 1. The fraction of sp³-hybridized carbons (Fsp3) is 0.0833. The number of benzene rings is 1. The Morgan fingerprint density at radius 2 is 1.81 bits per heavy atom. The van der Waals surface area contributed by atoms with Crippen molar-refractivity contribution in [2.24, 2.45) is 0 Å². The molecule has 2 N–H and O–H groups in total. The summed E-state index contributed by atoms with van der Waals surface area (Å²) in [5, 5.41) is 13.4. The van der Waals surface area contributed by atoms with Gasteiger partial charge < -0.3 is 5.32 Å². The predicted molar refractivity (Wildman–Crippen MR) is 77.7 cm³/mol. The summed E-state index contributed by atoms with van der Waals surface area (Å²) < 4.78 is 26.6. The van der Waals surface area contributed by atoms with Gasteiger partial charge >= 0.3 is 0 Å². The summed E-state index contributed by atoms with van der Waals surface area (Å²) in [7, 11) is -2.11. The summed E-state index contributed by atoms with van der Waals surface area (Å²) in [5.74, 6) is 0.605. The lowest BCUT2D eigenvalue weighted by molar-refractivity contribution is -0.384. The van der Waals surface area contributed by atoms with E-state index < -0.39 is 14.9 Å². The van der Waals surface area contributed by atoms with E-state index in [-0.39, 0.29) is 10.6 Å². The van der Waals surface area contributed by atoms with Crippen LogP contribution >= 0.6 is 0 Å². The molecule has 0 saturated carbocycles. The zero-order chi connectivity index (χ0) is 15.5. The van der Waals surface area contributed by atoms with Crippen molar-refractivity contribution < 1.29 is 13.3 Å². The topological polar surface area (TPSA) is 114 Å². The summed E-state index contributed by atoms with van der Waals surface area (Å²) in [6.07, 6.45) is 1.37. The molecule has 21 heavy (non-hydrogen) atoms. The molecule has 0 aliphatic carbocycles. The number of nitrogens with zero attached hydrogens (tertiary/aromatic N) is 2. The van der Waals surface area contributed by atoms with Crippen LogP contribution in [0.4, 0.5) is 17.2 Å². The van der Waals surface area contributed by atoms with E-state index in [4.69, 9.17) is 0 Å². The maximum atomic E-state index is 12.1. The lowest BCUT2D eigenvalue weighted by Crippen LogP contribution is -2.13. The van der Waals surface area contributed by atoms with Crippen LogP contribution in [0.25, 0.3) is 0 Å². The van der Waals surface area contributed by atoms with E-state index in [0.717, 1.165) is 12.1 Å². The number of pyridine rings is 1. The van der Waals surface area contributed by atoms with Gasteiger partial charge in [0.2, 0.25) is 0 Å². The van der Waals surface area contributed by atoms with Gasteiger partial charge in [-0.2, -0.15) is 0 Å². The minimum absolute atomic E-state index is 0.0641. The van der Waals surface area contributed by atoms with Gasteiger partial charge in [0.1, 0.15) is 5.82 Å². The highest BCUT2D eigenvalue weighted by Gasteiger charge is 2.16. The molecule has 0 fully saturated rings. The zero-order valence-corrected chi connectivity index (χ0v) is 11.8. The van der Waals surface area contributed by atoms with Crippen LogP contribution in [-0.2, 0) is 10.0 Å². The first-order valence-corrected chi connectivity index (χ1v) is 7.32. The van der Waals surface area contributed by atoms with Crippen molar-refractivity contribution in [1.29, 1.82) is 0 Å². The molecule has 0 spiro atoms. The predicted octanol–water partition coefficient (Wildman–Crippen LogP) is 1.83. The van der Waals surface area contributed by atoms with Crippen LogP contribution in [0.2, 0.25) is 0 Å². The lowest BCUT2D eigenvalue weighted by Gasteiger charge is -2.08. The average Bonchev–Trinajstić information content (AvgIpc) is 2.48. The quantitative estimate of drug-likeness (QED) is 0.643. The van der Waals surface area contributed by atoms with E-state index in [1.807, 2.05) is 0 Å². The van der Waals surface area contributed by atoms with E-state index in [9.17, 15) is 18.5 Å². The van der Waals surface area contributed by atoms with Crippen LogP contribution < -0.4 is 10.0 Å². The number of hydrogen-bond acceptors (Lipinski definition) is 6. The summed E-state index contributed by atoms with van der Waals surface area (Å²) >= 11 is 0. The molecule has 9 heteroatoms. The number of nitro groups is 1. The Labute approximate surface area is 121 Å². The molecule has 0 unspecified atom stereocenters. The minimum atomic E-state index is -3.81. The Morgan fingerprint density at radius 3 is 2.29 bits per heavy atom. The highest BCUT2D eigenvalue weighted by atomic mass is 32.2. The molecule has 0 aliphatic rings. The number of nitro benzene ring substituents is 1. The second-order valence-electron chi connectivity index (χ2n) is 4.04. The first-order chi connectivity index (χ1) is 9.92. The van der Waals surface area contributed by atoms with Gasteiger partial charge in [0.15, 0.2) is 0 Å². The molecular formula is C12H12N4O4S. The summed E-state index contributed by atoms with van der Waals surface area (Å²) in [5.41, 5.74) is 0.126. The van der Waals surface area contributed by atoms with E-state index in [1.165, 1.54) is 18.3 Å². The number of aromatic nitrogens is 1. The van der Waals surface area contributed by atoms with Gasteiger partial charge in [-0.15, -0.1) is 0 Å². The number of hydrogen-bond donors (Lipinski definition) is 2. The third-order valence-corrected chi connectivity index (χ3v) is 4.03. The molecule has 1 aromatic carbocycles. The number of nitrogens with one attached hydrogen (secondary N) is 2. The van der Waals surface area contributed by atoms with Gasteiger partial charge in [-0.1, -0.05) is 0 Å². The normalized spacial score (nSPS) is 10.9. The number of non-ortho nitro benzene ring substituents is 1. The maximum absolute atomic E-state index is 12.1. The van der Waals surface area contributed by atoms with Crippen molar-refractivity contribution in [3.63, 3.8) is 0 Å². The van der Waals surface area contributed by atoms with Crippen molar-refractivity contribution >= 4 is 27.2 Å². The Bertz CT molecular complexity index is 742. The zero-order valence-electron chi connectivity index (χ0n) is 11.0. The van der Waals surface area contributed by atoms with Crippen molar-refractivity contribution in [2.75, 3.05) is 17.1 Å². The minimum Gasteiger partial charge on any atom is -0.373 e. The summed E-state index contributed by atoms with van der Waals surface area (Å²) in [6.45, 7) is 0. The van der Waals surface area contributed by atoms with Crippen LogP contribution in [0.5, 0.6) is 0 Å². The van der Waals surface area contributed by atoms with Crippen molar-refractivity contribution in [2.45, 2.75) is 4.90 Å². The molecule has 0 bridgehead atoms. The first kappa shape index (κ1) is 14.7. The third kappa shape index (κ3) is 3.45. The molecular weight excluding hydrogens is 296 g/mol. The van der Waals surface area contributed by atoms with Crippen LogP contribution in [0.15, 0.2) is 47.5 Å². The van der Waals surface area contributed by atoms with Crippen LogP contribution in [-0.4, -0.2) is 25.4 Å². The van der Waals surface area contributed by atoms with Crippen LogP contribution in [0.3, 0.4) is 0 Å². The SMILES string of the molecule is CNc1ccc(NS(=O)(=O)c2ccc([N+](=O)[O-])cc2)cn1. The molecule has 0 saturated heterocycles. The fourth-order valence-corrected chi connectivity index (χ4v) is 2.61. The standard InChI is InChI=1S/C12H12N4O4S/c1-13-12-7-2-9(8-14-12)15-21(19,20)11-5-3-10(4-6-11)16(17)18/h2-8,15H,1H3,(H,13,14). The largest absolute Gasteiger partial charge is 0.373 e. The Kier molecular flexibility index (Phi) is 4.03. The van der Waals surface area contributed by atoms with Gasteiger partial charge in [-0.25, -0.2) is 13.4 Å². The molecule has 2 aromatic rings. The third-order valence-electron chi connectivity index (χ3n) is 2.63. The van der Waals surface area contributed by atoms with Gasteiger partial charge in [0.25, 0.3) is 15.7 Å². The van der Waals surface area contributed by atoms with Crippen molar-refractivity contribution in [3.05, 3.63) is 52.7 Å². The molecule has 1 heterocycles. The summed E-state index contributed by atoms with van der Waals surface area (Å²) in [4.78, 5) is 13.9. The highest BCUT2D eigenvalue weighted by Crippen LogP contribution is 2.19. The maximum Gasteiger partial charge on any atom is 0.269 e. The molecule has 1 aromatic heterocycles. The van der Waals surface area contributed by atoms with E-state index in [0.29, 0.717) is 11.5 Å². The molecule has 0 aliphatic heterocycles. The molecule has 0 radical (unpaired) electrons. The van der Waals surface area contributed by atoms with Crippen LogP contribution in [0.1, 0.15) is 0 Å². The summed E-state index contributed by atoms with van der Waals surface area (Å²) in [6, 6.07) is 7.80. The molecule has 0 atom stereocenters. The molecule has 110 valence electrons. The second-order valence-corrected chi connectivity index (χ2v) is 5.72. The van der Waals surface area contributed by atoms with Crippen LogP contribution in [0, 0.1) is 10.1 Å². The van der Waals surface area contributed by atoms with Crippen molar-refractivity contribution in [3.8, 4) is 0 Å². The molecule has 0 amide bonds. The second kappa shape index (κ2) is 5.75. The average molecular weight is 308 g/mol. The monoisotopic (exact) mass is 308 g/mol. The van der Waals surface area contributed by atoms with E-state index in [1.54, 1.807) is 19.2 Å². The smallest absolute Gasteiger partial charge is 0.269 e. The van der Waals surface area contributed by atoms with Gasteiger partial charge in [0, 0.05) is 19.2 Å². The fourth-order valence-electron chi connectivity index (χ4n) is 1.56.